The Morgan fingerprint density at radius 1 is 1.14 bits per heavy atom. The van der Waals surface area contributed by atoms with E-state index < -0.39 is 0 Å². The average Bonchev–Trinajstić information content (AvgIpc) is 2.45. The lowest BCUT2D eigenvalue weighted by atomic mass is 10.0. The van der Waals surface area contributed by atoms with Gasteiger partial charge in [0, 0.05) is 15.6 Å². The molecule has 0 saturated heterocycles. The Morgan fingerprint density at radius 3 is 2.52 bits per heavy atom. The first-order chi connectivity index (χ1) is 9.95. The minimum absolute atomic E-state index is 0.0318. The van der Waals surface area contributed by atoms with Crippen molar-refractivity contribution in [2.24, 2.45) is 0 Å². The van der Waals surface area contributed by atoms with E-state index in [2.05, 4.69) is 44.8 Å². The summed E-state index contributed by atoms with van der Waals surface area (Å²) in [5.74, 6) is 0.610. The van der Waals surface area contributed by atoms with Crippen LogP contribution in [0.3, 0.4) is 0 Å². The van der Waals surface area contributed by atoms with E-state index in [1.54, 1.807) is 6.07 Å². The maximum absolute atomic E-state index is 6.39. The second-order valence-corrected chi connectivity index (χ2v) is 7.14. The summed E-state index contributed by atoms with van der Waals surface area (Å²) in [7, 11) is 0. The SMILES string of the molecule is CCOc1cc(Cl)c(C(Br)c2cccc(Br)c2C)cc1Cl. The van der Waals surface area contributed by atoms with E-state index in [1.165, 1.54) is 5.56 Å². The number of alkyl halides is 1. The van der Waals surface area contributed by atoms with E-state index in [0.29, 0.717) is 22.4 Å². The summed E-state index contributed by atoms with van der Waals surface area (Å²) in [6.07, 6.45) is 0. The van der Waals surface area contributed by atoms with Crippen molar-refractivity contribution in [2.75, 3.05) is 6.61 Å². The molecule has 0 spiro atoms. The van der Waals surface area contributed by atoms with Gasteiger partial charge in [0.05, 0.1) is 16.5 Å². The second-order valence-electron chi connectivity index (χ2n) is 4.55. The zero-order valence-electron chi connectivity index (χ0n) is 11.6. The van der Waals surface area contributed by atoms with Gasteiger partial charge in [-0.15, -0.1) is 0 Å². The number of hydrogen-bond donors (Lipinski definition) is 0. The van der Waals surface area contributed by atoms with Crippen LogP contribution in [-0.2, 0) is 0 Å². The van der Waals surface area contributed by atoms with Crippen LogP contribution in [0.4, 0.5) is 0 Å². The van der Waals surface area contributed by atoms with E-state index in [-0.39, 0.29) is 4.83 Å². The Bertz CT molecular complexity index is 659. The number of rotatable bonds is 4. The van der Waals surface area contributed by atoms with E-state index in [0.717, 1.165) is 15.6 Å². The number of ether oxygens (including phenoxy) is 1. The molecule has 0 saturated carbocycles. The first-order valence-corrected chi connectivity index (χ1v) is 8.93. The largest absolute Gasteiger partial charge is 0.492 e. The normalized spacial score (nSPS) is 12.3. The van der Waals surface area contributed by atoms with Gasteiger partial charge in [0.1, 0.15) is 5.75 Å². The molecule has 0 bridgehead atoms. The molecule has 112 valence electrons. The molecule has 0 aliphatic rings. The summed E-state index contributed by atoms with van der Waals surface area (Å²) < 4.78 is 6.53. The summed E-state index contributed by atoms with van der Waals surface area (Å²) in [4.78, 5) is -0.0318. The summed E-state index contributed by atoms with van der Waals surface area (Å²) in [5, 5.41) is 1.19. The topological polar surface area (TPSA) is 9.23 Å². The molecule has 0 radical (unpaired) electrons. The molecule has 1 unspecified atom stereocenters. The molecule has 0 aliphatic heterocycles. The third kappa shape index (κ3) is 3.76. The van der Waals surface area contributed by atoms with Crippen molar-refractivity contribution >= 4 is 55.1 Å². The van der Waals surface area contributed by atoms with E-state index in [1.807, 2.05) is 25.1 Å². The van der Waals surface area contributed by atoms with E-state index in [9.17, 15) is 0 Å². The Balaban J connectivity index is 2.46. The highest BCUT2D eigenvalue weighted by Gasteiger charge is 2.19. The molecule has 2 rings (SSSR count). The van der Waals surface area contributed by atoms with Crippen molar-refractivity contribution in [3.05, 3.63) is 61.5 Å². The van der Waals surface area contributed by atoms with Crippen LogP contribution in [0, 0.1) is 6.92 Å². The third-order valence-electron chi connectivity index (χ3n) is 3.21. The molecule has 2 aromatic carbocycles. The fourth-order valence-corrected chi connectivity index (χ4v) is 3.95. The predicted molar refractivity (Wildman–Crippen MR) is 97.3 cm³/mol. The Labute approximate surface area is 151 Å². The zero-order chi connectivity index (χ0) is 15.6. The van der Waals surface area contributed by atoms with Crippen molar-refractivity contribution in [2.45, 2.75) is 18.7 Å². The van der Waals surface area contributed by atoms with Crippen LogP contribution in [0.2, 0.25) is 10.0 Å². The highest BCUT2D eigenvalue weighted by molar-refractivity contribution is 9.10. The van der Waals surface area contributed by atoms with Gasteiger partial charge in [-0.3, -0.25) is 0 Å². The number of halogens is 4. The fourth-order valence-electron chi connectivity index (χ4n) is 2.07. The third-order valence-corrected chi connectivity index (χ3v) is 5.68. The van der Waals surface area contributed by atoms with Crippen LogP contribution in [0.25, 0.3) is 0 Å². The Hall–Kier alpha value is -0.220. The van der Waals surface area contributed by atoms with Gasteiger partial charge in [0.15, 0.2) is 0 Å². The minimum atomic E-state index is -0.0318. The first-order valence-electron chi connectivity index (χ1n) is 6.46. The molecule has 0 aromatic heterocycles. The summed E-state index contributed by atoms with van der Waals surface area (Å²) in [6.45, 7) is 4.53. The van der Waals surface area contributed by atoms with Gasteiger partial charge in [0.25, 0.3) is 0 Å². The van der Waals surface area contributed by atoms with Crippen molar-refractivity contribution in [3.8, 4) is 5.75 Å². The average molecular weight is 453 g/mol. The lowest BCUT2D eigenvalue weighted by molar-refractivity contribution is 0.340. The molecule has 0 N–H and O–H groups in total. The fraction of sp³-hybridized carbons (Fsp3) is 0.250. The molecule has 1 nitrogen and oxygen atoms in total. The van der Waals surface area contributed by atoms with Crippen LogP contribution in [-0.4, -0.2) is 6.61 Å². The maximum Gasteiger partial charge on any atom is 0.139 e. The highest BCUT2D eigenvalue weighted by Crippen LogP contribution is 2.42. The first kappa shape index (κ1) is 17.1. The van der Waals surface area contributed by atoms with E-state index >= 15 is 0 Å². The number of hydrogen-bond acceptors (Lipinski definition) is 1. The van der Waals surface area contributed by atoms with Gasteiger partial charge in [-0.2, -0.15) is 0 Å². The Morgan fingerprint density at radius 2 is 1.86 bits per heavy atom. The Kier molecular flexibility index (Phi) is 6.01. The van der Waals surface area contributed by atoms with Gasteiger partial charge in [0.2, 0.25) is 0 Å². The standard InChI is InChI=1S/C16H14Br2Cl2O/c1-3-21-15-8-13(19)11(7-14(15)20)16(18)10-5-4-6-12(17)9(10)2/h4-8,16H,3H2,1-2H3. The molecule has 0 amide bonds. The van der Waals surface area contributed by atoms with Crippen LogP contribution < -0.4 is 4.74 Å². The molecular formula is C16H14Br2Cl2O. The van der Waals surface area contributed by atoms with Crippen molar-refractivity contribution in [3.63, 3.8) is 0 Å². The molecule has 5 heteroatoms. The maximum atomic E-state index is 6.39. The van der Waals surface area contributed by atoms with Crippen LogP contribution in [0.1, 0.15) is 28.4 Å². The quantitative estimate of drug-likeness (QED) is 0.456. The molecule has 21 heavy (non-hydrogen) atoms. The lowest BCUT2D eigenvalue weighted by Gasteiger charge is -2.17. The number of benzene rings is 2. The van der Waals surface area contributed by atoms with E-state index in [4.69, 9.17) is 27.9 Å². The van der Waals surface area contributed by atoms with Crippen molar-refractivity contribution < 1.29 is 4.74 Å². The summed E-state index contributed by atoms with van der Waals surface area (Å²) in [5.41, 5.74) is 3.23. The van der Waals surface area contributed by atoms with Gasteiger partial charge >= 0.3 is 0 Å². The van der Waals surface area contributed by atoms with Gasteiger partial charge in [-0.1, -0.05) is 67.2 Å². The van der Waals surface area contributed by atoms with Crippen LogP contribution in [0.15, 0.2) is 34.8 Å². The summed E-state index contributed by atoms with van der Waals surface area (Å²) >= 11 is 19.9. The van der Waals surface area contributed by atoms with Gasteiger partial charge < -0.3 is 4.74 Å². The molecule has 0 fully saturated rings. The molecular weight excluding hydrogens is 439 g/mol. The van der Waals surface area contributed by atoms with Crippen molar-refractivity contribution in [1.29, 1.82) is 0 Å². The summed E-state index contributed by atoms with van der Waals surface area (Å²) in [6, 6.07) is 9.72. The van der Waals surface area contributed by atoms with Crippen LogP contribution in [0.5, 0.6) is 5.75 Å². The molecule has 1 atom stereocenters. The van der Waals surface area contributed by atoms with Crippen LogP contribution >= 0.6 is 55.1 Å². The smallest absolute Gasteiger partial charge is 0.139 e. The lowest BCUT2D eigenvalue weighted by Crippen LogP contribution is -1.99. The monoisotopic (exact) mass is 450 g/mol. The highest BCUT2D eigenvalue weighted by atomic mass is 79.9. The predicted octanol–water partition coefficient (Wildman–Crippen LogP) is 6.95. The molecule has 2 aromatic rings. The molecule has 0 aliphatic carbocycles. The second kappa shape index (κ2) is 7.36. The minimum Gasteiger partial charge on any atom is -0.492 e. The van der Waals surface area contributed by atoms with Crippen molar-refractivity contribution in [1.82, 2.24) is 0 Å². The molecule has 0 heterocycles. The van der Waals surface area contributed by atoms with Gasteiger partial charge in [-0.25, -0.2) is 0 Å². The van der Waals surface area contributed by atoms with Gasteiger partial charge in [-0.05, 0) is 42.7 Å². The zero-order valence-corrected chi connectivity index (χ0v) is 16.3.